The average molecular weight is 370 g/mol. The number of para-hydroxylation sites is 1. The molecule has 0 fully saturated rings. The van der Waals surface area contributed by atoms with E-state index in [2.05, 4.69) is 0 Å². The van der Waals surface area contributed by atoms with Crippen LogP contribution in [0.3, 0.4) is 0 Å². The molecule has 0 aliphatic heterocycles. The van der Waals surface area contributed by atoms with Gasteiger partial charge in [0.05, 0.1) is 21.3 Å². The van der Waals surface area contributed by atoms with Gasteiger partial charge in [0.2, 0.25) is 0 Å². The first-order chi connectivity index (χ1) is 13.0. The number of carbonyl (C=O) groups is 2. The van der Waals surface area contributed by atoms with Crippen molar-refractivity contribution in [3.63, 3.8) is 0 Å². The summed E-state index contributed by atoms with van der Waals surface area (Å²) >= 11 is 0. The quantitative estimate of drug-likeness (QED) is 0.401. The maximum absolute atomic E-state index is 12.1. The van der Waals surface area contributed by atoms with Crippen LogP contribution in [0.15, 0.2) is 42.5 Å². The molecule has 2 aromatic rings. The zero-order valence-electron chi connectivity index (χ0n) is 15.8. The number of carbonyl (C=O) groups excluding carboxylic acids is 2. The molecular weight excluding hydrogens is 348 g/mol. The van der Waals surface area contributed by atoms with E-state index in [4.69, 9.17) is 18.9 Å². The summed E-state index contributed by atoms with van der Waals surface area (Å²) in [5.74, 6) is 1.04. The van der Waals surface area contributed by atoms with E-state index in [1.165, 1.54) is 27.2 Å². The molecule has 0 saturated carbocycles. The number of Topliss-reactive ketones (excluding diaryl/α,β-unsaturated/α-hetero) is 1. The van der Waals surface area contributed by atoms with Gasteiger partial charge >= 0.3 is 5.97 Å². The molecule has 0 saturated heterocycles. The van der Waals surface area contributed by atoms with E-state index in [1.807, 2.05) is 0 Å². The second-order valence-corrected chi connectivity index (χ2v) is 5.61. The molecule has 142 valence electrons. The third kappa shape index (κ3) is 5.10. The van der Waals surface area contributed by atoms with E-state index in [9.17, 15) is 9.59 Å². The fraction of sp³-hybridized carbons (Fsp3) is 0.238. The largest absolute Gasteiger partial charge is 0.496 e. The van der Waals surface area contributed by atoms with E-state index >= 15 is 0 Å². The van der Waals surface area contributed by atoms with Crippen LogP contribution in [-0.2, 0) is 16.1 Å². The number of ether oxygens (including phenoxy) is 4. The van der Waals surface area contributed by atoms with Gasteiger partial charge in [-0.15, -0.1) is 0 Å². The lowest BCUT2D eigenvalue weighted by Crippen LogP contribution is -2.04. The summed E-state index contributed by atoms with van der Waals surface area (Å²) in [7, 11) is 4.59. The number of hydrogen-bond donors (Lipinski definition) is 0. The van der Waals surface area contributed by atoms with Crippen LogP contribution in [0.1, 0.15) is 28.4 Å². The minimum atomic E-state index is -0.532. The Morgan fingerprint density at radius 2 is 1.70 bits per heavy atom. The van der Waals surface area contributed by atoms with E-state index in [-0.39, 0.29) is 12.4 Å². The summed E-state index contributed by atoms with van der Waals surface area (Å²) in [6.45, 7) is 1.46. The van der Waals surface area contributed by atoms with Crippen molar-refractivity contribution >= 4 is 17.8 Å². The van der Waals surface area contributed by atoms with Gasteiger partial charge in [0.25, 0.3) is 0 Å². The highest BCUT2D eigenvalue weighted by Gasteiger charge is 2.10. The second kappa shape index (κ2) is 9.43. The Labute approximate surface area is 158 Å². The monoisotopic (exact) mass is 370 g/mol. The Kier molecular flexibility index (Phi) is 7.00. The van der Waals surface area contributed by atoms with Gasteiger partial charge in [-0.05, 0) is 37.3 Å². The molecule has 0 aliphatic carbocycles. The van der Waals surface area contributed by atoms with Crippen molar-refractivity contribution in [3.05, 3.63) is 59.2 Å². The van der Waals surface area contributed by atoms with Crippen molar-refractivity contribution in [3.8, 4) is 17.2 Å². The zero-order valence-corrected chi connectivity index (χ0v) is 15.8. The molecule has 0 radical (unpaired) electrons. The smallest absolute Gasteiger partial charge is 0.331 e. The SMILES string of the molecule is COc1ccc(C(C)=O)cc1COC(=O)C=Cc1cccc(OC)c1OC. The Morgan fingerprint density at radius 3 is 2.33 bits per heavy atom. The third-order valence-electron chi connectivity index (χ3n) is 3.89. The zero-order chi connectivity index (χ0) is 19.8. The fourth-order valence-corrected chi connectivity index (χ4v) is 2.51. The predicted octanol–water partition coefficient (Wildman–Crippen LogP) is 3.67. The van der Waals surface area contributed by atoms with Crippen LogP contribution < -0.4 is 14.2 Å². The third-order valence-corrected chi connectivity index (χ3v) is 3.89. The Balaban J connectivity index is 2.10. The lowest BCUT2D eigenvalue weighted by molar-refractivity contribution is -0.138. The van der Waals surface area contributed by atoms with E-state index in [0.29, 0.717) is 33.9 Å². The molecule has 6 heteroatoms. The molecular formula is C21H22O6. The maximum Gasteiger partial charge on any atom is 0.331 e. The molecule has 0 bridgehead atoms. The molecule has 2 rings (SSSR count). The van der Waals surface area contributed by atoms with Crippen LogP contribution >= 0.6 is 0 Å². The Hall–Kier alpha value is -3.28. The normalized spacial score (nSPS) is 10.5. The van der Waals surface area contributed by atoms with Crippen molar-refractivity contribution in [1.82, 2.24) is 0 Å². The van der Waals surface area contributed by atoms with Gasteiger partial charge in [-0.2, -0.15) is 0 Å². The molecule has 0 N–H and O–H groups in total. The number of esters is 1. The van der Waals surface area contributed by atoms with Crippen LogP contribution in [0.2, 0.25) is 0 Å². The van der Waals surface area contributed by atoms with Crippen molar-refractivity contribution < 1.29 is 28.5 Å². The Bertz CT molecular complexity index is 854. The molecule has 0 aliphatic rings. The molecule has 2 aromatic carbocycles. The maximum atomic E-state index is 12.1. The first kappa shape index (κ1) is 20.0. The predicted molar refractivity (Wildman–Crippen MR) is 101 cm³/mol. The molecule has 0 unspecified atom stereocenters. The number of ketones is 1. The van der Waals surface area contributed by atoms with Gasteiger partial charge in [0.15, 0.2) is 17.3 Å². The Morgan fingerprint density at radius 1 is 0.963 bits per heavy atom. The molecule has 0 spiro atoms. The lowest BCUT2D eigenvalue weighted by Gasteiger charge is -2.10. The topological polar surface area (TPSA) is 71.1 Å². The van der Waals surface area contributed by atoms with E-state index in [0.717, 1.165) is 0 Å². The van der Waals surface area contributed by atoms with E-state index in [1.54, 1.807) is 49.6 Å². The summed E-state index contributed by atoms with van der Waals surface area (Å²) in [4.78, 5) is 23.6. The average Bonchev–Trinajstić information content (AvgIpc) is 2.69. The lowest BCUT2D eigenvalue weighted by atomic mass is 10.1. The number of rotatable bonds is 8. The first-order valence-corrected chi connectivity index (χ1v) is 8.23. The van der Waals surface area contributed by atoms with Crippen molar-refractivity contribution in [2.24, 2.45) is 0 Å². The summed E-state index contributed by atoms with van der Waals surface area (Å²) in [5, 5.41) is 0. The number of methoxy groups -OCH3 is 3. The van der Waals surface area contributed by atoms with Crippen molar-refractivity contribution in [1.29, 1.82) is 0 Å². The van der Waals surface area contributed by atoms with Crippen molar-refractivity contribution in [2.45, 2.75) is 13.5 Å². The van der Waals surface area contributed by atoms with Crippen LogP contribution in [0.5, 0.6) is 17.2 Å². The van der Waals surface area contributed by atoms with Crippen LogP contribution in [0.25, 0.3) is 6.08 Å². The molecule has 0 atom stereocenters. The van der Waals surface area contributed by atoms with Crippen LogP contribution in [0.4, 0.5) is 0 Å². The number of benzene rings is 2. The second-order valence-electron chi connectivity index (χ2n) is 5.61. The van der Waals surface area contributed by atoms with Crippen LogP contribution in [0, 0.1) is 0 Å². The van der Waals surface area contributed by atoms with Crippen LogP contribution in [-0.4, -0.2) is 33.1 Å². The number of hydrogen-bond acceptors (Lipinski definition) is 6. The van der Waals surface area contributed by atoms with Gasteiger partial charge in [-0.1, -0.05) is 12.1 Å². The molecule has 0 heterocycles. The standard InChI is InChI=1S/C21H22O6/c1-14(22)16-8-10-18(24-2)17(12-16)13-27-20(23)11-9-15-6-5-7-19(25-3)21(15)26-4/h5-12H,13H2,1-4H3. The van der Waals surface area contributed by atoms with Gasteiger partial charge in [0.1, 0.15) is 12.4 Å². The minimum absolute atomic E-state index is 0.0112. The summed E-state index contributed by atoms with van der Waals surface area (Å²) in [5.41, 5.74) is 1.83. The molecule has 27 heavy (non-hydrogen) atoms. The van der Waals surface area contributed by atoms with Gasteiger partial charge in [-0.3, -0.25) is 4.79 Å². The minimum Gasteiger partial charge on any atom is -0.496 e. The van der Waals surface area contributed by atoms with Gasteiger partial charge < -0.3 is 18.9 Å². The summed E-state index contributed by atoms with van der Waals surface area (Å²) in [6.07, 6.45) is 2.89. The molecule has 6 nitrogen and oxygen atoms in total. The highest BCUT2D eigenvalue weighted by Crippen LogP contribution is 2.31. The van der Waals surface area contributed by atoms with Gasteiger partial charge in [-0.25, -0.2) is 4.79 Å². The summed E-state index contributed by atoms with van der Waals surface area (Å²) < 4.78 is 21.1. The summed E-state index contributed by atoms with van der Waals surface area (Å²) in [6, 6.07) is 10.4. The van der Waals surface area contributed by atoms with Crippen molar-refractivity contribution in [2.75, 3.05) is 21.3 Å². The highest BCUT2D eigenvalue weighted by atomic mass is 16.5. The molecule has 0 aromatic heterocycles. The highest BCUT2D eigenvalue weighted by molar-refractivity contribution is 5.94. The van der Waals surface area contributed by atoms with E-state index < -0.39 is 5.97 Å². The first-order valence-electron chi connectivity index (χ1n) is 8.23. The fourth-order valence-electron chi connectivity index (χ4n) is 2.51. The van der Waals surface area contributed by atoms with Gasteiger partial charge in [0, 0.05) is 22.8 Å². The molecule has 0 amide bonds.